The van der Waals surface area contributed by atoms with Crippen molar-refractivity contribution in [1.82, 2.24) is 24.3 Å². The molecule has 11 heteroatoms. The third-order valence-corrected chi connectivity index (χ3v) is 7.79. The lowest BCUT2D eigenvalue weighted by Crippen LogP contribution is -2.40. The van der Waals surface area contributed by atoms with Crippen molar-refractivity contribution in [2.24, 2.45) is 0 Å². The van der Waals surface area contributed by atoms with Crippen LogP contribution in [0.25, 0.3) is 21.9 Å². The molecule has 0 bridgehead atoms. The number of aromatic nitrogens is 3. The van der Waals surface area contributed by atoms with E-state index in [2.05, 4.69) is 14.5 Å². The van der Waals surface area contributed by atoms with E-state index in [1.54, 1.807) is 19.2 Å². The smallest absolute Gasteiger partial charge is 0.347 e. The zero-order chi connectivity index (χ0) is 31.9. The summed E-state index contributed by atoms with van der Waals surface area (Å²) in [6.07, 6.45) is 1.29. The zero-order valence-electron chi connectivity index (χ0n) is 26.4. The molecule has 0 spiro atoms. The molecule has 4 aromatic rings. The van der Waals surface area contributed by atoms with Crippen LogP contribution < -0.4 is 10.5 Å². The van der Waals surface area contributed by atoms with Gasteiger partial charge in [-0.3, -0.25) is 9.69 Å². The fraction of sp³-hybridized carbons (Fsp3) is 0.455. The number of hydrogen-bond acceptors (Lipinski definition) is 8. The number of nitrogens with two attached hydrogens (primary N) is 1. The molecule has 4 rings (SSSR count). The normalized spacial score (nSPS) is 11.9. The molecule has 0 saturated carbocycles. The summed E-state index contributed by atoms with van der Waals surface area (Å²) in [5.41, 5.74) is 8.25. The number of fused-ring (bicyclic) bond motifs is 3. The number of carbonyl (C=O) groups excluding carboxylic acids is 1. The van der Waals surface area contributed by atoms with Gasteiger partial charge < -0.3 is 29.8 Å². The predicted octanol–water partition coefficient (Wildman–Crippen LogP) is 4.36. The lowest BCUT2D eigenvalue weighted by Gasteiger charge is -2.27. The fourth-order valence-corrected chi connectivity index (χ4v) is 5.25. The molecule has 0 atom stereocenters. The Bertz CT molecular complexity index is 1600. The summed E-state index contributed by atoms with van der Waals surface area (Å²) in [4.78, 5) is 38.6. The molecule has 0 saturated heterocycles. The van der Waals surface area contributed by atoms with E-state index in [1.165, 1.54) is 13.8 Å². The molecule has 11 nitrogen and oxygen atoms in total. The Balaban J connectivity index is 1.61. The highest BCUT2D eigenvalue weighted by molar-refractivity contribution is 6.06. The number of imidazole rings is 1. The number of likely N-dealkylation sites (N-methyl/N-ethyl adjacent to an activating group) is 1. The van der Waals surface area contributed by atoms with Gasteiger partial charge in [-0.15, -0.1) is 0 Å². The number of para-hydroxylation sites is 1. The molecular weight excluding hydrogens is 560 g/mol. The first-order chi connectivity index (χ1) is 21.1. The van der Waals surface area contributed by atoms with Crippen molar-refractivity contribution in [2.75, 3.05) is 45.6 Å². The molecule has 0 aliphatic heterocycles. The summed E-state index contributed by atoms with van der Waals surface area (Å²) < 4.78 is 13.3. The number of carbonyl (C=O) groups is 2. The number of carboxylic acids is 1. The summed E-state index contributed by atoms with van der Waals surface area (Å²) in [6.45, 7) is 11.0. The van der Waals surface area contributed by atoms with Gasteiger partial charge in [0.1, 0.15) is 17.1 Å². The van der Waals surface area contributed by atoms with Gasteiger partial charge in [0.15, 0.2) is 11.4 Å². The minimum atomic E-state index is -1.38. The standard InChI is InChI=1S/C33H44N6O5/c1-6-37(7-2)22-28(40)38(21-23-12-10-13-24(20-23)44-33(3,4)32(41)42)17-11-18-39-27(16-19-43-5)36-29-30(39)25-14-8-9-15-26(25)35-31(29)34/h8-10,12-15,20H,6-7,11,16-19,21-22H2,1-5H3,(H2,34,35)(H,41,42). The number of anilines is 1. The van der Waals surface area contributed by atoms with Gasteiger partial charge in [0, 0.05) is 38.6 Å². The van der Waals surface area contributed by atoms with Crippen molar-refractivity contribution in [3.8, 4) is 5.75 Å². The highest BCUT2D eigenvalue weighted by Gasteiger charge is 2.29. The summed E-state index contributed by atoms with van der Waals surface area (Å²) in [5.74, 6) is 0.664. The van der Waals surface area contributed by atoms with Crippen molar-refractivity contribution < 1.29 is 24.2 Å². The molecule has 0 aliphatic rings. The second-order valence-electron chi connectivity index (χ2n) is 11.3. The lowest BCUT2D eigenvalue weighted by molar-refractivity contribution is -0.152. The molecule has 236 valence electrons. The van der Waals surface area contributed by atoms with Crippen LogP contribution in [0.15, 0.2) is 48.5 Å². The number of pyridine rings is 1. The van der Waals surface area contributed by atoms with Crippen molar-refractivity contribution >= 4 is 39.6 Å². The number of nitrogens with zero attached hydrogens (tertiary/aromatic N) is 5. The van der Waals surface area contributed by atoms with Crippen molar-refractivity contribution in [1.29, 1.82) is 0 Å². The van der Waals surface area contributed by atoms with E-state index in [0.717, 1.165) is 40.9 Å². The summed E-state index contributed by atoms with van der Waals surface area (Å²) in [6, 6.07) is 15.2. The van der Waals surface area contributed by atoms with Crippen LogP contribution in [0.4, 0.5) is 5.82 Å². The number of rotatable bonds is 16. The number of aryl methyl sites for hydroxylation is 1. The van der Waals surface area contributed by atoms with Crippen molar-refractivity contribution in [3.05, 3.63) is 59.9 Å². The number of carboxylic acid groups (broad SMARTS) is 1. The summed E-state index contributed by atoms with van der Waals surface area (Å²) in [5, 5.41) is 10.5. The van der Waals surface area contributed by atoms with Crippen LogP contribution in [0, 0.1) is 0 Å². The molecule has 0 aliphatic carbocycles. The van der Waals surface area contributed by atoms with Crippen molar-refractivity contribution in [2.45, 2.75) is 59.2 Å². The Hall–Kier alpha value is -4.22. The van der Waals surface area contributed by atoms with Gasteiger partial charge in [0.25, 0.3) is 0 Å². The molecule has 2 heterocycles. The minimum Gasteiger partial charge on any atom is -0.478 e. The lowest BCUT2D eigenvalue weighted by atomic mass is 10.1. The Morgan fingerprint density at radius 3 is 2.52 bits per heavy atom. The summed E-state index contributed by atoms with van der Waals surface area (Å²) >= 11 is 0. The van der Waals surface area contributed by atoms with Gasteiger partial charge in [0.05, 0.1) is 24.2 Å². The van der Waals surface area contributed by atoms with Gasteiger partial charge in [-0.2, -0.15) is 0 Å². The monoisotopic (exact) mass is 604 g/mol. The number of hydrogen-bond donors (Lipinski definition) is 2. The Morgan fingerprint density at radius 2 is 1.82 bits per heavy atom. The zero-order valence-corrected chi connectivity index (χ0v) is 26.4. The number of methoxy groups -OCH3 is 1. The first-order valence-electron chi connectivity index (χ1n) is 15.1. The minimum absolute atomic E-state index is 0.0277. The maximum atomic E-state index is 13.6. The van der Waals surface area contributed by atoms with Crippen molar-refractivity contribution in [3.63, 3.8) is 0 Å². The predicted molar refractivity (Wildman–Crippen MR) is 172 cm³/mol. The first-order valence-corrected chi connectivity index (χ1v) is 15.1. The van der Waals surface area contributed by atoms with Crippen LogP contribution in [0.3, 0.4) is 0 Å². The highest BCUT2D eigenvalue weighted by atomic mass is 16.5. The fourth-order valence-electron chi connectivity index (χ4n) is 5.25. The number of ether oxygens (including phenoxy) is 2. The van der Waals surface area contributed by atoms with E-state index in [-0.39, 0.29) is 5.91 Å². The molecule has 0 radical (unpaired) electrons. The third-order valence-electron chi connectivity index (χ3n) is 7.79. The van der Waals surface area contributed by atoms with Crippen LogP contribution in [-0.4, -0.2) is 86.8 Å². The van der Waals surface area contributed by atoms with E-state index in [1.807, 2.05) is 55.1 Å². The van der Waals surface area contributed by atoms with Gasteiger partial charge in [-0.05, 0) is 57.1 Å². The van der Waals surface area contributed by atoms with Gasteiger partial charge in [0.2, 0.25) is 5.91 Å². The molecule has 1 amide bonds. The van der Waals surface area contributed by atoms with Gasteiger partial charge in [-0.1, -0.05) is 44.2 Å². The number of aliphatic carboxylic acids is 1. The molecule has 2 aromatic heterocycles. The average molecular weight is 605 g/mol. The highest BCUT2D eigenvalue weighted by Crippen LogP contribution is 2.29. The number of amides is 1. The van der Waals surface area contributed by atoms with E-state index in [4.69, 9.17) is 20.2 Å². The van der Waals surface area contributed by atoms with Crippen LogP contribution in [0.5, 0.6) is 5.75 Å². The van der Waals surface area contributed by atoms with Crippen LogP contribution >= 0.6 is 0 Å². The quantitative estimate of drug-likeness (QED) is 0.191. The van der Waals surface area contributed by atoms with Gasteiger partial charge in [-0.25, -0.2) is 14.8 Å². The third kappa shape index (κ3) is 7.64. The number of benzene rings is 2. The summed E-state index contributed by atoms with van der Waals surface area (Å²) in [7, 11) is 1.67. The van der Waals surface area contributed by atoms with Gasteiger partial charge >= 0.3 is 5.97 Å². The molecule has 0 fully saturated rings. The maximum absolute atomic E-state index is 13.6. The van der Waals surface area contributed by atoms with E-state index in [9.17, 15) is 14.7 Å². The van der Waals surface area contributed by atoms with E-state index < -0.39 is 11.6 Å². The maximum Gasteiger partial charge on any atom is 0.347 e. The van der Waals surface area contributed by atoms with Crippen LogP contribution in [-0.2, 0) is 33.8 Å². The van der Waals surface area contributed by atoms with E-state index in [0.29, 0.717) is 62.7 Å². The Morgan fingerprint density at radius 1 is 1.07 bits per heavy atom. The Kier molecular flexibility index (Phi) is 10.8. The largest absolute Gasteiger partial charge is 0.478 e. The topological polar surface area (TPSA) is 136 Å². The molecule has 3 N–H and O–H groups in total. The average Bonchev–Trinajstić information content (AvgIpc) is 3.37. The Labute approximate surface area is 258 Å². The number of nitrogen functional groups attached to an aromatic ring is 1. The molecular formula is C33H44N6O5. The first kappa shape index (κ1) is 32.7. The SMILES string of the molecule is CCN(CC)CC(=O)N(CCCn1c(CCOC)nc2c(N)nc3ccccc3c21)Cc1cccc(OC(C)(C)C(=O)O)c1. The second kappa shape index (κ2) is 14.5. The van der Waals surface area contributed by atoms with E-state index >= 15 is 0 Å². The molecule has 0 unspecified atom stereocenters. The second-order valence-corrected chi connectivity index (χ2v) is 11.3. The van der Waals surface area contributed by atoms with Crippen LogP contribution in [0.1, 0.15) is 45.5 Å². The molecule has 2 aromatic carbocycles. The van der Waals surface area contributed by atoms with Crippen LogP contribution in [0.2, 0.25) is 0 Å². The molecule has 44 heavy (non-hydrogen) atoms.